The Kier molecular flexibility index (Phi) is 6.49. The van der Waals surface area contributed by atoms with Crippen LogP contribution in [0.4, 0.5) is 10.5 Å². The first kappa shape index (κ1) is 20.1. The van der Waals surface area contributed by atoms with Crippen LogP contribution in [0.3, 0.4) is 0 Å². The zero-order valence-electron chi connectivity index (χ0n) is 15.1. The van der Waals surface area contributed by atoms with Crippen LogP contribution in [-0.2, 0) is 4.79 Å². The molecule has 0 saturated heterocycles. The van der Waals surface area contributed by atoms with Crippen LogP contribution in [0.5, 0.6) is 11.5 Å². The number of anilines is 1. The number of hydrogen-bond acceptors (Lipinski definition) is 4. The van der Waals surface area contributed by atoms with Crippen LogP contribution in [0.1, 0.15) is 18.5 Å². The quantitative estimate of drug-likeness (QED) is 0.682. The molecule has 28 heavy (non-hydrogen) atoms. The van der Waals surface area contributed by atoms with Gasteiger partial charge in [0.2, 0.25) is 5.91 Å². The van der Waals surface area contributed by atoms with Crippen LogP contribution in [0.15, 0.2) is 36.4 Å². The van der Waals surface area contributed by atoms with Gasteiger partial charge in [-0.05, 0) is 42.8 Å². The maximum absolute atomic E-state index is 12.1. The summed E-state index contributed by atoms with van der Waals surface area (Å²) in [5.41, 5.74) is 1.24. The molecule has 1 aliphatic rings. The SMILES string of the molecule is C[C@@H](NC(=O)NCC(=O)Nc1cc(Cl)ccc1Cl)c1ccc2c(c1)OCCO2. The fourth-order valence-electron chi connectivity index (χ4n) is 2.61. The largest absolute Gasteiger partial charge is 0.486 e. The molecule has 0 aromatic heterocycles. The molecule has 2 aromatic carbocycles. The molecule has 0 aliphatic carbocycles. The van der Waals surface area contributed by atoms with E-state index >= 15 is 0 Å². The fourth-order valence-corrected chi connectivity index (χ4v) is 2.95. The van der Waals surface area contributed by atoms with Gasteiger partial charge in [-0.3, -0.25) is 4.79 Å². The molecule has 0 radical (unpaired) electrons. The van der Waals surface area contributed by atoms with E-state index in [1.165, 1.54) is 6.07 Å². The molecular formula is C19H19Cl2N3O4. The van der Waals surface area contributed by atoms with E-state index < -0.39 is 11.9 Å². The molecule has 0 saturated carbocycles. The predicted molar refractivity (Wildman–Crippen MR) is 107 cm³/mol. The summed E-state index contributed by atoms with van der Waals surface area (Å²) in [6.45, 7) is 2.62. The molecule has 148 valence electrons. The minimum absolute atomic E-state index is 0.220. The molecule has 0 fully saturated rings. The van der Waals surface area contributed by atoms with Crippen molar-refractivity contribution in [2.24, 2.45) is 0 Å². The first-order valence-electron chi connectivity index (χ1n) is 8.61. The van der Waals surface area contributed by atoms with Crippen molar-refractivity contribution in [2.45, 2.75) is 13.0 Å². The molecule has 1 heterocycles. The molecule has 7 nitrogen and oxygen atoms in total. The van der Waals surface area contributed by atoms with Crippen molar-refractivity contribution in [1.29, 1.82) is 0 Å². The van der Waals surface area contributed by atoms with Crippen molar-refractivity contribution in [1.82, 2.24) is 10.6 Å². The van der Waals surface area contributed by atoms with E-state index in [0.29, 0.717) is 40.4 Å². The number of halogens is 2. The van der Waals surface area contributed by atoms with Crippen molar-refractivity contribution < 1.29 is 19.1 Å². The van der Waals surface area contributed by atoms with Crippen LogP contribution in [-0.4, -0.2) is 31.7 Å². The van der Waals surface area contributed by atoms with Gasteiger partial charge in [0.15, 0.2) is 11.5 Å². The van der Waals surface area contributed by atoms with Gasteiger partial charge in [-0.2, -0.15) is 0 Å². The molecular weight excluding hydrogens is 405 g/mol. The van der Waals surface area contributed by atoms with Crippen molar-refractivity contribution >= 4 is 40.8 Å². The number of urea groups is 1. The lowest BCUT2D eigenvalue weighted by Crippen LogP contribution is -2.41. The molecule has 3 amide bonds. The van der Waals surface area contributed by atoms with Gasteiger partial charge in [0, 0.05) is 5.02 Å². The van der Waals surface area contributed by atoms with Gasteiger partial charge in [-0.15, -0.1) is 0 Å². The molecule has 9 heteroatoms. The van der Waals surface area contributed by atoms with Crippen LogP contribution < -0.4 is 25.4 Å². The number of carbonyl (C=O) groups excluding carboxylic acids is 2. The van der Waals surface area contributed by atoms with E-state index in [0.717, 1.165) is 5.56 Å². The maximum Gasteiger partial charge on any atom is 0.315 e. The first-order chi connectivity index (χ1) is 13.4. The number of nitrogens with one attached hydrogen (secondary N) is 3. The van der Waals surface area contributed by atoms with Crippen molar-refractivity contribution in [3.05, 3.63) is 52.0 Å². The summed E-state index contributed by atoms with van der Waals surface area (Å²) in [6, 6.07) is 9.45. The molecule has 1 atom stereocenters. The summed E-state index contributed by atoms with van der Waals surface area (Å²) in [6.07, 6.45) is 0. The smallest absolute Gasteiger partial charge is 0.315 e. The van der Waals surface area contributed by atoms with E-state index in [9.17, 15) is 9.59 Å². The second-order valence-corrected chi connectivity index (χ2v) is 6.97. The second-order valence-electron chi connectivity index (χ2n) is 6.12. The lowest BCUT2D eigenvalue weighted by molar-refractivity contribution is -0.115. The summed E-state index contributed by atoms with van der Waals surface area (Å²) in [4.78, 5) is 24.1. The molecule has 0 bridgehead atoms. The summed E-state index contributed by atoms with van der Waals surface area (Å²) < 4.78 is 11.0. The highest BCUT2D eigenvalue weighted by molar-refractivity contribution is 6.35. The van der Waals surface area contributed by atoms with E-state index in [2.05, 4.69) is 16.0 Å². The van der Waals surface area contributed by atoms with Crippen molar-refractivity contribution in [2.75, 3.05) is 25.1 Å². The average Bonchev–Trinajstić information content (AvgIpc) is 2.68. The predicted octanol–water partition coefficient (Wildman–Crippen LogP) is 3.76. The minimum Gasteiger partial charge on any atom is -0.486 e. The van der Waals surface area contributed by atoms with Gasteiger partial charge in [0.25, 0.3) is 0 Å². The minimum atomic E-state index is -0.477. The summed E-state index contributed by atoms with van der Waals surface area (Å²) >= 11 is 11.9. The van der Waals surface area contributed by atoms with Crippen molar-refractivity contribution in [3.8, 4) is 11.5 Å². The highest BCUT2D eigenvalue weighted by Crippen LogP contribution is 2.32. The topological polar surface area (TPSA) is 88.7 Å². The summed E-state index contributed by atoms with van der Waals surface area (Å²) in [5.74, 6) is 0.907. The molecule has 3 N–H and O–H groups in total. The number of carbonyl (C=O) groups is 2. The fraction of sp³-hybridized carbons (Fsp3) is 0.263. The second kappa shape index (κ2) is 9.03. The van der Waals surface area contributed by atoms with E-state index in [1.54, 1.807) is 12.1 Å². The van der Waals surface area contributed by atoms with Gasteiger partial charge in [0.05, 0.1) is 23.3 Å². The Hall–Kier alpha value is -2.64. The Morgan fingerprint density at radius 3 is 2.61 bits per heavy atom. The Morgan fingerprint density at radius 1 is 1.07 bits per heavy atom. The number of rotatable bonds is 5. The highest BCUT2D eigenvalue weighted by Gasteiger charge is 2.16. The zero-order valence-corrected chi connectivity index (χ0v) is 16.6. The van der Waals surface area contributed by atoms with Gasteiger partial charge in [-0.1, -0.05) is 29.3 Å². The lowest BCUT2D eigenvalue weighted by Gasteiger charge is -2.21. The van der Waals surface area contributed by atoms with Crippen molar-refractivity contribution in [3.63, 3.8) is 0 Å². The molecule has 3 rings (SSSR count). The van der Waals surface area contributed by atoms with Crippen LogP contribution >= 0.6 is 23.2 Å². The number of amides is 3. The van der Waals surface area contributed by atoms with Gasteiger partial charge < -0.3 is 25.4 Å². The summed E-state index contributed by atoms with van der Waals surface area (Å²) in [5, 5.41) is 8.67. The number of fused-ring (bicyclic) bond motifs is 1. The normalized spacial score (nSPS) is 13.4. The Bertz CT molecular complexity index is 891. The van der Waals surface area contributed by atoms with Crippen LogP contribution in [0, 0.1) is 0 Å². The summed E-state index contributed by atoms with van der Waals surface area (Å²) in [7, 11) is 0. The Morgan fingerprint density at radius 2 is 1.82 bits per heavy atom. The molecule has 2 aromatic rings. The van der Waals surface area contributed by atoms with E-state index in [-0.39, 0.29) is 12.6 Å². The molecule has 0 spiro atoms. The standard InChI is InChI=1S/C19H19Cl2N3O4/c1-11(12-2-5-16-17(8-12)28-7-6-27-16)23-19(26)22-10-18(25)24-15-9-13(20)3-4-14(15)21/h2-5,8-9,11H,6-7,10H2,1H3,(H,24,25)(H2,22,23,26)/t11-/m1/s1. The van der Waals surface area contributed by atoms with Gasteiger partial charge in [0.1, 0.15) is 13.2 Å². The lowest BCUT2D eigenvalue weighted by atomic mass is 10.1. The highest BCUT2D eigenvalue weighted by atomic mass is 35.5. The number of hydrogen-bond donors (Lipinski definition) is 3. The van der Waals surface area contributed by atoms with Gasteiger partial charge >= 0.3 is 6.03 Å². The van der Waals surface area contributed by atoms with E-state index in [1.807, 2.05) is 25.1 Å². The Labute approximate surface area is 172 Å². The first-order valence-corrected chi connectivity index (χ1v) is 9.37. The third-order valence-electron chi connectivity index (χ3n) is 4.03. The third-order valence-corrected chi connectivity index (χ3v) is 4.59. The van der Waals surface area contributed by atoms with Crippen LogP contribution in [0.25, 0.3) is 0 Å². The molecule has 0 unspecified atom stereocenters. The monoisotopic (exact) mass is 423 g/mol. The van der Waals surface area contributed by atoms with E-state index in [4.69, 9.17) is 32.7 Å². The van der Waals surface area contributed by atoms with Crippen LogP contribution in [0.2, 0.25) is 10.0 Å². The molecule has 1 aliphatic heterocycles. The maximum atomic E-state index is 12.1. The zero-order chi connectivity index (χ0) is 20.1. The van der Waals surface area contributed by atoms with Gasteiger partial charge in [-0.25, -0.2) is 4.79 Å². The number of ether oxygens (including phenoxy) is 2. The Balaban J connectivity index is 1.49. The third kappa shape index (κ3) is 5.21. The average molecular weight is 424 g/mol. The number of benzene rings is 2.